The Labute approximate surface area is 146 Å². The molecular formula is C18H20N2O3S. The predicted octanol–water partition coefficient (Wildman–Crippen LogP) is 3.51. The zero-order valence-electron chi connectivity index (χ0n) is 13.7. The van der Waals surface area contributed by atoms with Crippen molar-refractivity contribution in [3.8, 4) is 17.2 Å². The number of thiocarbonyl (C=S) groups is 1. The quantitative estimate of drug-likeness (QED) is 0.828. The molecule has 0 saturated heterocycles. The second kappa shape index (κ2) is 7.40. The summed E-state index contributed by atoms with van der Waals surface area (Å²) in [7, 11) is 1.66. The van der Waals surface area contributed by atoms with Crippen LogP contribution in [0.3, 0.4) is 0 Å². The lowest BCUT2D eigenvalue weighted by Crippen LogP contribution is -2.30. The average molecular weight is 344 g/mol. The fourth-order valence-corrected chi connectivity index (χ4v) is 2.76. The summed E-state index contributed by atoms with van der Waals surface area (Å²) in [5.41, 5.74) is 1.99. The first-order valence-corrected chi connectivity index (χ1v) is 8.17. The van der Waals surface area contributed by atoms with Gasteiger partial charge in [-0.05, 0) is 49.0 Å². The Morgan fingerprint density at radius 3 is 2.50 bits per heavy atom. The maximum atomic E-state index is 5.58. The zero-order valence-corrected chi connectivity index (χ0v) is 14.5. The highest BCUT2D eigenvalue weighted by Crippen LogP contribution is 2.32. The lowest BCUT2D eigenvalue weighted by Gasteiger charge is -2.20. The van der Waals surface area contributed by atoms with Crippen LogP contribution >= 0.6 is 12.2 Å². The molecule has 24 heavy (non-hydrogen) atoms. The Hall–Kier alpha value is -2.47. The molecule has 2 aromatic rings. The van der Waals surface area contributed by atoms with Gasteiger partial charge in [0.15, 0.2) is 16.6 Å². The second-order valence-electron chi connectivity index (χ2n) is 5.45. The van der Waals surface area contributed by atoms with E-state index in [1.807, 2.05) is 42.5 Å². The van der Waals surface area contributed by atoms with E-state index in [1.54, 1.807) is 7.11 Å². The number of fused-ring (bicyclic) bond motifs is 1. The molecule has 5 nitrogen and oxygen atoms in total. The third-order valence-electron chi connectivity index (χ3n) is 3.76. The van der Waals surface area contributed by atoms with Crippen LogP contribution < -0.4 is 24.8 Å². The Kier molecular flexibility index (Phi) is 5.05. The molecule has 126 valence electrons. The summed E-state index contributed by atoms with van der Waals surface area (Å²) in [5, 5.41) is 7.00. The lowest BCUT2D eigenvalue weighted by atomic mass is 10.1. The molecule has 2 aromatic carbocycles. The minimum atomic E-state index is 0.0770. The van der Waals surface area contributed by atoms with Crippen LogP contribution in [0.5, 0.6) is 17.2 Å². The average Bonchev–Trinajstić information content (AvgIpc) is 2.61. The maximum absolute atomic E-state index is 5.58. The smallest absolute Gasteiger partial charge is 0.171 e. The van der Waals surface area contributed by atoms with E-state index in [9.17, 15) is 0 Å². The number of rotatable bonds is 4. The largest absolute Gasteiger partial charge is 0.497 e. The predicted molar refractivity (Wildman–Crippen MR) is 98.2 cm³/mol. The van der Waals surface area contributed by atoms with Crippen molar-refractivity contribution < 1.29 is 14.2 Å². The normalized spacial score (nSPS) is 13.8. The molecule has 0 radical (unpaired) electrons. The van der Waals surface area contributed by atoms with Gasteiger partial charge in [0, 0.05) is 11.8 Å². The molecule has 0 spiro atoms. The molecule has 6 heteroatoms. The Morgan fingerprint density at radius 2 is 1.79 bits per heavy atom. The van der Waals surface area contributed by atoms with Crippen molar-refractivity contribution in [3.63, 3.8) is 0 Å². The summed E-state index contributed by atoms with van der Waals surface area (Å²) in [6.07, 6.45) is 0. The first-order valence-electron chi connectivity index (χ1n) is 7.77. The number of methoxy groups -OCH3 is 1. The standard InChI is InChI=1S/C18H20N2O3S/c1-12(13-3-6-15(21-2)7-4-13)19-18(24)20-14-5-8-16-17(11-14)23-10-9-22-16/h3-8,11-12H,9-10H2,1-2H3,(H2,19,20,24)/t12-/m1/s1. The van der Waals surface area contributed by atoms with Gasteiger partial charge in [-0.2, -0.15) is 0 Å². The van der Waals surface area contributed by atoms with Crippen molar-refractivity contribution in [2.45, 2.75) is 13.0 Å². The van der Waals surface area contributed by atoms with E-state index in [1.165, 1.54) is 0 Å². The van der Waals surface area contributed by atoms with Crippen molar-refractivity contribution in [2.75, 3.05) is 25.6 Å². The molecule has 1 atom stereocenters. The molecule has 1 aliphatic heterocycles. The lowest BCUT2D eigenvalue weighted by molar-refractivity contribution is 0.171. The van der Waals surface area contributed by atoms with Crippen LogP contribution in [0.4, 0.5) is 5.69 Å². The van der Waals surface area contributed by atoms with E-state index >= 15 is 0 Å². The Bertz CT molecular complexity index is 719. The van der Waals surface area contributed by atoms with Gasteiger partial charge in [0.05, 0.1) is 13.2 Å². The van der Waals surface area contributed by atoms with Gasteiger partial charge >= 0.3 is 0 Å². The van der Waals surface area contributed by atoms with Crippen molar-refractivity contribution in [1.29, 1.82) is 0 Å². The molecule has 1 aliphatic rings. The molecule has 2 N–H and O–H groups in total. The molecular weight excluding hydrogens is 324 g/mol. The number of benzene rings is 2. The number of nitrogens with one attached hydrogen (secondary N) is 2. The van der Waals surface area contributed by atoms with Gasteiger partial charge in [0.25, 0.3) is 0 Å². The summed E-state index contributed by atoms with van der Waals surface area (Å²) < 4.78 is 16.3. The molecule has 0 bridgehead atoms. The maximum Gasteiger partial charge on any atom is 0.171 e. The van der Waals surface area contributed by atoms with Crippen molar-refractivity contribution in [1.82, 2.24) is 5.32 Å². The number of anilines is 1. The molecule has 3 rings (SSSR count). The van der Waals surface area contributed by atoms with Crippen molar-refractivity contribution >= 4 is 23.0 Å². The van der Waals surface area contributed by atoms with Crippen LogP contribution in [-0.2, 0) is 0 Å². The highest BCUT2D eigenvalue weighted by molar-refractivity contribution is 7.80. The fraction of sp³-hybridized carbons (Fsp3) is 0.278. The molecule has 0 fully saturated rings. The molecule has 0 unspecified atom stereocenters. The topological polar surface area (TPSA) is 51.8 Å². The summed E-state index contributed by atoms with van der Waals surface area (Å²) >= 11 is 5.40. The second-order valence-corrected chi connectivity index (χ2v) is 5.86. The van der Waals surface area contributed by atoms with E-state index in [-0.39, 0.29) is 6.04 Å². The summed E-state index contributed by atoms with van der Waals surface area (Å²) in [6, 6.07) is 13.7. The molecule has 0 aliphatic carbocycles. The van der Waals surface area contributed by atoms with E-state index in [0.29, 0.717) is 18.3 Å². The third kappa shape index (κ3) is 3.89. The van der Waals surface area contributed by atoms with Crippen LogP contribution in [0.2, 0.25) is 0 Å². The summed E-state index contributed by atoms with van der Waals surface area (Å²) in [4.78, 5) is 0. The minimum absolute atomic E-state index is 0.0770. The van der Waals surface area contributed by atoms with Crippen LogP contribution in [-0.4, -0.2) is 25.4 Å². The van der Waals surface area contributed by atoms with Crippen molar-refractivity contribution in [2.24, 2.45) is 0 Å². The molecule has 1 heterocycles. The van der Waals surface area contributed by atoms with E-state index < -0.39 is 0 Å². The highest BCUT2D eigenvalue weighted by atomic mass is 32.1. The van der Waals surface area contributed by atoms with E-state index in [0.717, 1.165) is 28.5 Å². The van der Waals surface area contributed by atoms with Crippen LogP contribution in [0.25, 0.3) is 0 Å². The molecule has 0 amide bonds. The van der Waals surface area contributed by atoms with Gasteiger partial charge in [-0.1, -0.05) is 12.1 Å². The molecule has 0 aromatic heterocycles. The van der Waals surface area contributed by atoms with E-state index in [4.69, 9.17) is 26.4 Å². The summed E-state index contributed by atoms with van der Waals surface area (Å²) in [6.45, 7) is 3.20. The first kappa shape index (κ1) is 16.4. The van der Waals surface area contributed by atoms with Gasteiger partial charge in [0.2, 0.25) is 0 Å². The van der Waals surface area contributed by atoms with Crippen LogP contribution in [0.15, 0.2) is 42.5 Å². The minimum Gasteiger partial charge on any atom is -0.497 e. The highest BCUT2D eigenvalue weighted by Gasteiger charge is 2.13. The Morgan fingerprint density at radius 1 is 1.08 bits per heavy atom. The van der Waals surface area contributed by atoms with Crippen molar-refractivity contribution in [3.05, 3.63) is 48.0 Å². The zero-order chi connectivity index (χ0) is 16.9. The van der Waals surface area contributed by atoms with E-state index in [2.05, 4.69) is 17.6 Å². The van der Waals surface area contributed by atoms with Crippen LogP contribution in [0.1, 0.15) is 18.5 Å². The fourth-order valence-electron chi connectivity index (χ4n) is 2.46. The molecule has 0 saturated carbocycles. The van der Waals surface area contributed by atoms with Gasteiger partial charge in [-0.25, -0.2) is 0 Å². The van der Waals surface area contributed by atoms with Crippen LogP contribution in [0, 0.1) is 0 Å². The number of ether oxygens (including phenoxy) is 3. The first-order chi connectivity index (χ1) is 11.7. The monoisotopic (exact) mass is 344 g/mol. The summed E-state index contributed by atoms with van der Waals surface area (Å²) in [5.74, 6) is 2.33. The third-order valence-corrected chi connectivity index (χ3v) is 3.98. The van der Waals surface area contributed by atoms with Gasteiger partial charge < -0.3 is 24.8 Å². The SMILES string of the molecule is COc1ccc([C@@H](C)NC(=S)Nc2ccc3c(c2)OCCO3)cc1. The van der Waals surface area contributed by atoms with Gasteiger partial charge in [-0.15, -0.1) is 0 Å². The Balaban J connectivity index is 1.60. The van der Waals surface area contributed by atoms with Gasteiger partial charge in [0.1, 0.15) is 19.0 Å². The number of hydrogen-bond acceptors (Lipinski definition) is 4. The number of hydrogen-bond donors (Lipinski definition) is 2. The van der Waals surface area contributed by atoms with Gasteiger partial charge in [-0.3, -0.25) is 0 Å².